The molecule has 0 aliphatic heterocycles. The molecule has 2 N–H and O–H groups in total. The summed E-state index contributed by atoms with van der Waals surface area (Å²) >= 11 is 5.91. The van der Waals surface area contributed by atoms with Crippen molar-refractivity contribution in [2.75, 3.05) is 19.9 Å². The van der Waals surface area contributed by atoms with Crippen molar-refractivity contribution in [2.45, 2.75) is 38.8 Å². The Hall–Kier alpha value is -1.91. The molecule has 0 bridgehead atoms. The zero-order valence-electron chi connectivity index (χ0n) is 16.7. The van der Waals surface area contributed by atoms with E-state index in [4.69, 9.17) is 26.5 Å². The monoisotopic (exact) mass is 451 g/mol. The number of alkyl halides is 3. The molecule has 29 heavy (non-hydrogen) atoms. The molecule has 11 heteroatoms. The van der Waals surface area contributed by atoms with Crippen molar-refractivity contribution in [3.63, 3.8) is 0 Å². The molecule has 0 radical (unpaired) electrons. The third-order valence-electron chi connectivity index (χ3n) is 3.61. The Kier molecular flexibility index (Phi) is 9.31. The van der Waals surface area contributed by atoms with Gasteiger partial charge in [-0.25, -0.2) is 9.78 Å². The van der Waals surface area contributed by atoms with Crippen molar-refractivity contribution in [2.24, 2.45) is 0 Å². The fourth-order valence-corrected chi connectivity index (χ4v) is 3.06. The molecule has 1 rings (SSSR count). The molecule has 0 aliphatic carbocycles. The van der Waals surface area contributed by atoms with Crippen molar-refractivity contribution in [1.82, 2.24) is 10.3 Å². The van der Waals surface area contributed by atoms with Gasteiger partial charge in [-0.15, -0.1) is 0 Å². The SMILES string of the molecule is CCOC(=O)C(=N)/C(=C\NCOCC[Si](C)(C)C)c1ccc(C(F)(F)F)nc1Cl. The fourth-order valence-electron chi connectivity index (χ4n) is 2.04. The minimum Gasteiger partial charge on any atom is -0.461 e. The molecular formula is C18H25ClF3N3O3Si. The highest BCUT2D eigenvalue weighted by Crippen LogP contribution is 2.31. The summed E-state index contributed by atoms with van der Waals surface area (Å²) in [6.07, 6.45) is -3.38. The third kappa shape index (κ3) is 8.54. The van der Waals surface area contributed by atoms with Gasteiger partial charge in [0, 0.05) is 32.0 Å². The summed E-state index contributed by atoms with van der Waals surface area (Å²) in [5.74, 6) is -0.934. The molecule has 0 aliphatic rings. The van der Waals surface area contributed by atoms with Crippen LogP contribution in [0.3, 0.4) is 0 Å². The van der Waals surface area contributed by atoms with Gasteiger partial charge in [0.05, 0.1) is 6.61 Å². The first-order valence-electron chi connectivity index (χ1n) is 8.88. The Labute approximate surface area is 174 Å². The van der Waals surface area contributed by atoms with Gasteiger partial charge in [-0.05, 0) is 25.1 Å². The van der Waals surface area contributed by atoms with Crippen LogP contribution in [0.2, 0.25) is 30.8 Å². The number of esters is 1. The molecule has 0 aromatic carbocycles. The second-order valence-corrected chi connectivity index (χ2v) is 13.2. The lowest BCUT2D eigenvalue weighted by molar-refractivity contribution is -0.141. The Balaban J connectivity index is 3.03. The van der Waals surface area contributed by atoms with E-state index in [0.29, 0.717) is 6.61 Å². The molecule has 1 heterocycles. The van der Waals surface area contributed by atoms with Gasteiger partial charge in [-0.1, -0.05) is 31.2 Å². The minimum absolute atomic E-state index is 0.00711. The van der Waals surface area contributed by atoms with Gasteiger partial charge in [0.25, 0.3) is 0 Å². The van der Waals surface area contributed by atoms with Crippen LogP contribution in [0.4, 0.5) is 13.2 Å². The normalized spacial score (nSPS) is 12.6. The predicted molar refractivity (Wildman–Crippen MR) is 109 cm³/mol. The molecule has 6 nitrogen and oxygen atoms in total. The number of halogens is 4. The lowest BCUT2D eigenvalue weighted by Crippen LogP contribution is -2.24. The van der Waals surface area contributed by atoms with Gasteiger partial charge in [0.15, 0.2) is 0 Å². The van der Waals surface area contributed by atoms with E-state index in [1.807, 2.05) is 0 Å². The van der Waals surface area contributed by atoms with E-state index in [9.17, 15) is 18.0 Å². The van der Waals surface area contributed by atoms with Crippen LogP contribution < -0.4 is 5.32 Å². The number of pyridine rings is 1. The van der Waals surface area contributed by atoms with E-state index in [-0.39, 0.29) is 24.5 Å². The smallest absolute Gasteiger partial charge is 0.433 e. The van der Waals surface area contributed by atoms with Gasteiger partial charge in [0.1, 0.15) is 23.3 Å². The number of hydrogen-bond acceptors (Lipinski definition) is 6. The highest BCUT2D eigenvalue weighted by atomic mass is 35.5. The summed E-state index contributed by atoms with van der Waals surface area (Å²) in [5.41, 5.74) is -1.79. The zero-order chi connectivity index (χ0) is 22.2. The van der Waals surface area contributed by atoms with E-state index in [0.717, 1.165) is 18.2 Å². The molecule has 1 aromatic heterocycles. The minimum atomic E-state index is -4.66. The van der Waals surface area contributed by atoms with Crippen LogP contribution in [0.15, 0.2) is 18.3 Å². The number of carbonyl (C=O) groups is 1. The number of nitrogens with zero attached hydrogens (tertiary/aromatic N) is 1. The molecule has 0 saturated heterocycles. The largest absolute Gasteiger partial charge is 0.461 e. The fraction of sp³-hybridized carbons (Fsp3) is 0.500. The van der Waals surface area contributed by atoms with Crippen molar-refractivity contribution >= 4 is 36.9 Å². The van der Waals surface area contributed by atoms with E-state index in [2.05, 4.69) is 29.9 Å². The van der Waals surface area contributed by atoms with Gasteiger partial charge < -0.3 is 14.8 Å². The average Bonchev–Trinajstić information content (AvgIpc) is 2.59. The Morgan fingerprint density at radius 2 is 2.00 bits per heavy atom. The molecule has 0 amide bonds. The topological polar surface area (TPSA) is 84.3 Å². The lowest BCUT2D eigenvalue weighted by atomic mass is 10.0. The van der Waals surface area contributed by atoms with E-state index in [1.54, 1.807) is 6.92 Å². The predicted octanol–water partition coefficient (Wildman–Crippen LogP) is 4.58. The first-order valence-corrected chi connectivity index (χ1v) is 13.0. The molecule has 0 saturated carbocycles. The van der Waals surface area contributed by atoms with Crippen LogP contribution >= 0.6 is 11.6 Å². The summed E-state index contributed by atoms with van der Waals surface area (Å²) in [5, 5.41) is 10.3. The Bertz CT molecular complexity index is 765. The standard InChI is InChI=1S/C18H25ClF3N3O3Si/c1-5-28-17(26)15(23)13(10-24-11-27-8-9-29(2,3)4)12-6-7-14(18(20,21)22)25-16(12)19/h6-7,10,23-24H,5,8-9,11H2,1-4H3/b13-10-,23-15?. The lowest BCUT2D eigenvalue weighted by Gasteiger charge is -2.16. The summed E-state index contributed by atoms with van der Waals surface area (Å²) in [4.78, 5) is 15.3. The van der Waals surface area contributed by atoms with Crippen LogP contribution in [0.1, 0.15) is 18.2 Å². The number of aromatic nitrogens is 1. The highest BCUT2D eigenvalue weighted by molar-refractivity contribution is 6.76. The number of nitrogens with one attached hydrogen (secondary N) is 2. The number of ether oxygens (including phenoxy) is 2. The quantitative estimate of drug-likeness (QED) is 0.136. The molecule has 0 unspecified atom stereocenters. The van der Waals surface area contributed by atoms with E-state index in [1.165, 1.54) is 6.20 Å². The summed E-state index contributed by atoms with van der Waals surface area (Å²) in [7, 11) is -1.24. The third-order valence-corrected chi connectivity index (χ3v) is 5.60. The molecular weight excluding hydrogens is 427 g/mol. The van der Waals surface area contributed by atoms with Crippen LogP contribution in [0.25, 0.3) is 5.57 Å². The Morgan fingerprint density at radius 1 is 1.34 bits per heavy atom. The molecule has 0 fully saturated rings. The van der Waals surface area contributed by atoms with Gasteiger partial charge in [-0.2, -0.15) is 13.2 Å². The van der Waals surface area contributed by atoms with E-state index < -0.39 is 36.8 Å². The second kappa shape index (κ2) is 10.7. The first kappa shape index (κ1) is 25.1. The molecule has 0 spiro atoms. The Morgan fingerprint density at radius 3 is 2.52 bits per heavy atom. The first-order chi connectivity index (χ1) is 13.4. The van der Waals surface area contributed by atoms with Crippen LogP contribution in [0, 0.1) is 5.41 Å². The van der Waals surface area contributed by atoms with Crippen molar-refractivity contribution in [1.29, 1.82) is 5.41 Å². The maximum absolute atomic E-state index is 12.8. The highest BCUT2D eigenvalue weighted by Gasteiger charge is 2.33. The van der Waals surface area contributed by atoms with Crippen LogP contribution in [-0.4, -0.2) is 44.7 Å². The van der Waals surface area contributed by atoms with Gasteiger partial charge >= 0.3 is 12.1 Å². The molecule has 162 valence electrons. The summed E-state index contributed by atoms with van der Waals surface area (Å²) < 4.78 is 48.7. The second-order valence-electron chi connectivity index (χ2n) is 7.25. The number of rotatable bonds is 10. The zero-order valence-corrected chi connectivity index (χ0v) is 18.5. The van der Waals surface area contributed by atoms with Crippen molar-refractivity contribution < 1.29 is 27.4 Å². The number of hydrogen-bond donors (Lipinski definition) is 2. The summed E-state index contributed by atoms with van der Waals surface area (Å²) in [6.45, 7) is 8.89. The summed E-state index contributed by atoms with van der Waals surface area (Å²) in [6, 6.07) is 2.75. The van der Waals surface area contributed by atoms with Crippen molar-refractivity contribution in [3.05, 3.63) is 34.7 Å². The van der Waals surface area contributed by atoms with E-state index >= 15 is 0 Å². The maximum Gasteiger partial charge on any atom is 0.433 e. The van der Waals surface area contributed by atoms with Crippen molar-refractivity contribution in [3.8, 4) is 0 Å². The number of carbonyl (C=O) groups excluding carboxylic acids is 1. The van der Waals surface area contributed by atoms with Gasteiger partial charge in [0.2, 0.25) is 0 Å². The van der Waals surface area contributed by atoms with Gasteiger partial charge in [-0.3, -0.25) is 5.41 Å². The maximum atomic E-state index is 12.8. The van der Waals surface area contributed by atoms with Crippen LogP contribution in [-0.2, 0) is 20.4 Å². The molecule has 1 aromatic rings. The van der Waals surface area contributed by atoms with Crippen LogP contribution in [0.5, 0.6) is 0 Å². The average molecular weight is 452 g/mol. The molecule has 0 atom stereocenters.